The van der Waals surface area contributed by atoms with Crippen LogP contribution in [0.25, 0.3) is 0 Å². The molecule has 1 aliphatic rings. The molecule has 0 saturated carbocycles. The lowest BCUT2D eigenvalue weighted by Gasteiger charge is -2.33. The third kappa shape index (κ3) is 3.80. The van der Waals surface area contributed by atoms with Crippen molar-refractivity contribution in [1.82, 2.24) is 9.78 Å². The summed E-state index contributed by atoms with van der Waals surface area (Å²) < 4.78 is 46.9. The number of anilines is 2. The molecule has 2 aromatic heterocycles. The number of amides is 1. The summed E-state index contributed by atoms with van der Waals surface area (Å²) in [6.45, 7) is 0. The van der Waals surface area contributed by atoms with Crippen LogP contribution in [0.5, 0.6) is 5.75 Å². The highest BCUT2D eigenvalue weighted by Crippen LogP contribution is 2.45. The number of hydrogen-bond donors (Lipinski definition) is 2. The second-order valence-electron chi connectivity index (χ2n) is 6.54. The van der Waals surface area contributed by atoms with Crippen molar-refractivity contribution in [2.75, 3.05) is 17.7 Å². The van der Waals surface area contributed by atoms with E-state index in [9.17, 15) is 18.0 Å². The number of aromatic nitrogens is 2. The monoisotopic (exact) mass is 422 g/mol. The molecule has 0 saturated heterocycles. The second-order valence-corrected chi connectivity index (χ2v) is 7.52. The van der Waals surface area contributed by atoms with Gasteiger partial charge in [0.05, 0.1) is 19.3 Å². The van der Waals surface area contributed by atoms with Gasteiger partial charge >= 0.3 is 6.18 Å². The number of hydrogen-bond acceptors (Lipinski definition) is 5. The molecular formula is C19H17F3N4O2S. The molecule has 152 valence electrons. The summed E-state index contributed by atoms with van der Waals surface area (Å²) >= 11 is 1.37. The number of nitrogens with zero attached hydrogens (tertiary/aromatic N) is 2. The third-order valence-electron chi connectivity index (χ3n) is 4.72. The fraction of sp³-hybridized carbons (Fsp3) is 0.263. The van der Waals surface area contributed by atoms with E-state index in [1.165, 1.54) is 18.4 Å². The number of ether oxygens (including phenoxy) is 1. The van der Waals surface area contributed by atoms with E-state index in [4.69, 9.17) is 4.74 Å². The highest BCUT2D eigenvalue weighted by atomic mass is 32.1. The molecule has 2 N–H and O–H groups in total. The molecule has 0 bridgehead atoms. The van der Waals surface area contributed by atoms with Crippen LogP contribution in [0, 0.1) is 0 Å². The number of nitrogens with one attached hydrogen (secondary N) is 2. The van der Waals surface area contributed by atoms with Gasteiger partial charge in [-0.05, 0) is 35.7 Å². The van der Waals surface area contributed by atoms with Gasteiger partial charge in [-0.3, -0.25) is 4.79 Å². The lowest BCUT2D eigenvalue weighted by Crippen LogP contribution is -2.36. The predicted molar refractivity (Wildman–Crippen MR) is 104 cm³/mol. The van der Waals surface area contributed by atoms with Gasteiger partial charge in [0.15, 0.2) is 6.04 Å². The topological polar surface area (TPSA) is 68.2 Å². The standard InChI is InChI=1S/C19H17F3N4O2S/c1-28-12-6-4-11(5-7-12)24-18(27)13-10-23-26-16(19(20,21)22)9-14(25-17(13)26)15-3-2-8-29-15/h2-8,10,14,16,25H,9H2,1H3,(H,24,27)/t14-,16-/m1/s1. The van der Waals surface area contributed by atoms with E-state index in [-0.39, 0.29) is 17.8 Å². The van der Waals surface area contributed by atoms with E-state index >= 15 is 0 Å². The Labute approximate surface area is 168 Å². The number of benzene rings is 1. The van der Waals surface area contributed by atoms with Crippen molar-refractivity contribution in [2.45, 2.75) is 24.7 Å². The fourth-order valence-corrected chi connectivity index (χ4v) is 4.07. The minimum Gasteiger partial charge on any atom is -0.497 e. The second kappa shape index (κ2) is 7.43. The van der Waals surface area contributed by atoms with Gasteiger partial charge in [-0.2, -0.15) is 18.3 Å². The first-order valence-corrected chi connectivity index (χ1v) is 9.64. The lowest BCUT2D eigenvalue weighted by molar-refractivity contribution is -0.173. The van der Waals surface area contributed by atoms with Crippen LogP contribution in [-0.4, -0.2) is 29.0 Å². The Hall–Kier alpha value is -3.01. The van der Waals surface area contributed by atoms with Gasteiger partial charge in [0.25, 0.3) is 5.91 Å². The maximum Gasteiger partial charge on any atom is 0.410 e. The summed E-state index contributed by atoms with van der Waals surface area (Å²) in [5.74, 6) is 0.138. The maximum absolute atomic E-state index is 13.7. The molecule has 29 heavy (non-hydrogen) atoms. The van der Waals surface area contributed by atoms with Crippen molar-refractivity contribution in [1.29, 1.82) is 0 Å². The van der Waals surface area contributed by atoms with E-state index in [0.29, 0.717) is 11.4 Å². The quantitative estimate of drug-likeness (QED) is 0.630. The molecule has 0 radical (unpaired) electrons. The minimum absolute atomic E-state index is 0.0522. The SMILES string of the molecule is COc1ccc(NC(=O)c2cnn3c2N[C@@H](c2cccs2)C[C@@H]3C(F)(F)F)cc1. The van der Waals surface area contributed by atoms with Crippen molar-refractivity contribution in [3.05, 3.63) is 58.4 Å². The normalized spacial score (nSPS) is 18.6. The Balaban J connectivity index is 1.64. The number of fused-ring (bicyclic) bond motifs is 1. The summed E-state index contributed by atoms with van der Waals surface area (Å²) in [7, 11) is 1.53. The number of carbonyl (C=O) groups excluding carboxylic acids is 1. The molecule has 0 fully saturated rings. The van der Waals surface area contributed by atoms with Crippen LogP contribution in [0.2, 0.25) is 0 Å². The average Bonchev–Trinajstić information content (AvgIpc) is 3.37. The molecule has 0 aliphatic carbocycles. The van der Waals surface area contributed by atoms with Crippen LogP contribution in [-0.2, 0) is 0 Å². The van der Waals surface area contributed by atoms with Gasteiger partial charge < -0.3 is 15.4 Å². The number of methoxy groups -OCH3 is 1. The Morgan fingerprint density at radius 2 is 2.07 bits per heavy atom. The van der Waals surface area contributed by atoms with E-state index in [0.717, 1.165) is 15.8 Å². The molecule has 3 heterocycles. The molecule has 4 rings (SSSR count). The van der Waals surface area contributed by atoms with Gasteiger partial charge in [0.2, 0.25) is 0 Å². The van der Waals surface area contributed by atoms with Gasteiger partial charge in [0.1, 0.15) is 17.1 Å². The maximum atomic E-state index is 13.7. The smallest absolute Gasteiger partial charge is 0.410 e. The zero-order valence-corrected chi connectivity index (χ0v) is 16.1. The summed E-state index contributed by atoms with van der Waals surface area (Å²) in [6, 6.07) is 7.83. The molecule has 6 nitrogen and oxygen atoms in total. The molecule has 0 unspecified atom stereocenters. The lowest BCUT2D eigenvalue weighted by atomic mass is 10.0. The molecule has 1 amide bonds. The van der Waals surface area contributed by atoms with E-state index in [1.807, 2.05) is 5.38 Å². The first kappa shape index (κ1) is 19.3. The Kier molecular flexibility index (Phi) is 4.95. The molecule has 0 spiro atoms. The highest BCUT2D eigenvalue weighted by molar-refractivity contribution is 7.10. The van der Waals surface area contributed by atoms with Crippen LogP contribution < -0.4 is 15.4 Å². The van der Waals surface area contributed by atoms with Crippen LogP contribution >= 0.6 is 11.3 Å². The molecule has 2 atom stereocenters. The van der Waals surface area contributed by atoms with Crippen LogP contribution in [0.4, 0.5) is 24.7 Å². The first-order valence-electron chi connectivity index (χ1n) is 8.76. The molecule has 3 aromatic rings. The van der Waals surface area contributed by atoms with Crippen molar-refractivity contribution in [3.63, 3.8) is 0 Å². The fourth-order valence-electron chi connectivity index (χ4n) is 3.28. The van der Waals surface area contributed by atoms with E-state index < -0.39 is 24.2 Å². The molecule has 1 aliphatic heterocycles. The largest absolute Gasteiger partial charge is 0.497 e. The highest BCUT2D eigenvalue weighted by Gasteiger charge is 2.47. The van der Waals surface area contributed by atoms with E-state index in [2.05, 4.69) is 15.7 Å². The van der Waals surface area contributed by atoms with Gasteiger partial charge in [-0.1, -0.05) is 6.07 Å². The summed E-state index contributed by atoms with van der Waals surface area (Å²) in [5, 5.41) is 11.4. The molecular weight excluding hydrogens is 405 g/mol. The first-order chi connectivity index (χ1) is 13.9. The number of rotatable bonds is 4. The number of halogens is 3. The average molecular weight is 422 g/mol. The van der Waals surface area contributed by atoms with Crippen LogP contribution in [0.1, 0.15) is 33.7 Å². The van der Waals surface area contributed by atoms with Crippen molar-refractivity contribution in [3.8, 4) is 5.75 Å². The summed E-state index contributed by atoms with van der Waals surface area (Å²) in [4.78, 5) is 13.5. The number of carbonyl (C=O) groups is 1. The predicted octanol–water partition coefficient (Wildman–Crippen LogP) is 4.87. The third-order valence-corrected chi connectivity index (χ3v) is 5.70. The summed E-state index contributed by atoms with van der Waals surface area (Å²) in [6.07, 6.45) is -3.52. The zero-order chi connectivity index (χ0) is 20.6. The zero-order valence-electron chi connectivity index (χ0n) is 15.2. The molecule has 10 heteroatoms. The number of alkyl halides is 3. The van der Waals surface area contributed by atoms with Gasteiger partial charge in [-0.25, -0.2) is 4.68 Å². The van der Waals surface area contributed by atoms with Crippen LogP contribution in [0.3, 0.4) is 0 Å². The minimum atomic E-state index is -4.48. The Bertz CT molecular complexity index is 1000. The Morgan fingerprint density at radius 1 is 1.31 bits per heavy atom. The van der Waals surface area contributed by atoms with E-state index in [1.54, 1.807) is 36.4 Å². The number of thiophene rings is 1. The molecule has 1 aromatic carbocycles. The van der Waals surface area contributed by atoms with Crippen molar-refractivity contribution >= 4 is 28.7 Å². The van der Waals surface area contributed by atoms with Gasteiger partial charge in [0, 0.05) is 17.0 Å². The Morgan fingerprint density at radius 3 is 2.69 bits per heavy atom. The van der Waals surface area contributed by atoms with Crippen molar-refractivity contribution in [2.24, 2.45) is 0 Å². The van der Waals surface area contributed by atoms with Gasteiger partial charge in [-0.15, -0.1) is 11.3 Å². The van der Waals surface area contributed by atoms with Crippen LogP contribution in [0.15, 0.2) is 48.0 Å². The summed E-state index contributed by atoms with van der Waals surface area (Å²) in [5.41, 5.74) is 0.546. The van der Waals surface area contributed by atoms with Crippen molar-refractivity contribution < 1.29 is 22.7 Å².